The number of aromatic nitrogens is 2. The molecule has 0 bridgehead atoms. The molecular formula is C27H29ClN6O6. The Morgan fingerprint density at radius 2 is 2.00 bits per heavy atom. The first kappa shape index (κ1) is 27.4. The predicted octanol–water partition coefficient (Wildman–Crippen LogP) is 3.04. The van der Waals surface area contributed by atoms with Crippen molar-refractivity contribution in [2.75, 3.05) is 58.7 Å². The van der Waals surface area contributed by atoms with Crippen LogP contribution in [0, 0.1) is 12.0 Å². The highest BCUT2D eigenvalue weighted by Gasteiger charge is 2.26. The number of methoxy groups -OCH3 is 1. The largest absolute Gasteiger partial charge is 0.493 e. The third kappa shape index (κ3) is 6.34. The van der Waals surface area contributed by atoms with E-state index in [4.69, 9.17) is 41.0 Å². The van der Waals surface area contributed by atoms with Gasteiger partial charge >= 0.3 is 6.03 Å². The Labute approximate surface area is 236 Å². The van der Waals surface area contributed by atoms with Crippen LogP contribution in [0.15, 0.2) is 24.5 Å². The minimum absolute atomic E-state index is 0.0227. The molecule has 2 amide bonds. The number of carbonyl (C=O) groups is 1. The van der Waals surface area contributed by atoms with Crippen molar-refractivity contribution >= 4 is 40.0 Å². The van der Waals surface area contributed by atoms with Crippen molar-refractivity contribution in [2.45, 2.75) is 12.8 Å². The van der Waals surface area contributed by atoms with Crippen molar-refractivity contribution in [3.8, 4) is 35.0 Å². The third-order valence-electron chi connectivity index (χ3n) is 6.37. The molecule has 2 aliphatic heterocycles. The molecule has 3 aromatic rings. The van der Waals surface area contributed by atoms with E-state index >= 15 is 0 Å². The molecular weight excluding hydrogens is 540 g/mol. The van der Waals surface area contributed by atoms with E-state index in [1.54, 1.807) is 13.2 Å². The maximum Gasteiger partial charge on any atom is 0.323 e. The second-order valence-corrected chi connectivity index (χ2v) is 9.36. The topological polar surface area (TPSA) is 142 Å². The number of urea groups is 1. The number of nitrogens with two attached hydrogens (primary N) is 1. The molecule has 0 aliphatic carbocycles. The molecule has 40 heavy (non-hydrogen) atoms. The Bertz CT molecular complexity index is 1450. The zero-order chi connectivity index (χ0) is 27.9. The number of hydrogen-bond acceptors (Lipinski definition) is 10. The Balaban J connectivity index is 1.35. The summed E-state index contributed by atoms with van der Waals surface area (Å²) in [7, 11) is 1.59. The van der Waals surface area contributed by atoms with Crippen LogP contribution in [0.5, 0.6) is 23.0 Å². The van der Waals surface area contributed by atoms with Gasteiger partial charge in [-0.15, -0.1) is 0 Å². The smallest absolute Gasteiger partial charge is 0.323 e. The van der Waals surface area contributed by atoms with E-state index < -0.39 is 6.03 Å². The summed E-state index contributed by atoms with van der Waals surface area (Å²) < 4.78 is 28.5. The highest BCUT2D eigenvalue weighted by molar-refractivity contribution is 6.34. The second kappa shape index (κ2) is 12.8. The summed E-state index contributed by atoms with van der Waals surface area (Å²) in [6.45, 7) is 4.96. The molecule has 0 spiro atoms. The van der Waals surface area contributed by atoms with Crippen molar-refractivity contribution in [1.29, 1.82) is 0 Å². The van der Waals surface area contributed by atoms with Gasteiger partial charge in [0.25, 0.3) is 0 Å². The maximum atomic E-state index is 10.8. The number of ether oxygens (including phenoxy) is 5. The van der Waals surface area contributed by atoms with Gasteiger partial charge in [0.15, 0.2) is 23.0 Å². The molecule has 1 fully saturated rings. The van der Waals surface area contributed by atoms with E-state index in [1.165, 1.54) is 6.33 Å². The van der Waals surface area contributed by atoms with Gasteiger partial charge in [-0.1, -0.05) is 17.5 Å². The molecule has 2 aliphatic rings. The molecule has 0 unspecified atom stereocenters. The number of carbonyl (C=O) groups excluding carboxylic acids is 1. The summed E-state index contributed by atoms with van der Waals surface area (Å²) in [5.41, 5.74) is 6.90. The minimum Gasteiger partial charge on any atom is -0.493 e. The quantitative estimate of drug-likeness (QED) is 0.200. The number of anilines is 2. The fourth-order valence-corrected chi connectivity index (χ4v) is 4.71. The van der Waals surface area contributed by atoms with E-state index in [0.717, 1.165) is 39.3 Å². The van der Waals surface area contributed by atoms with Crippen LogP contribution >= 0.6 is 11.6 Å². The van der Waals surface area contributed by atoms with Crippen LogP contribution in [0.1, 0.15) is 12.0 Å². The van der Waals surface area contributed by atoms with Gasteiger partial charge in [-0.05, 0) is 18.6 Å². The van der Waals surface area contributed by atoms with Gasteiger partial charge in [0.1, 0.15) is 17.8 Å². The summed E-state index contributed by atoms with van der Waals surface area (Å²) in [6, 6.07) is 7.15. The van der Waals surface area contributed by atoms with E-state index in [2.05, 4.69) is 37.5 Å². The average Bonchev–Trinajstić information content (AvgIpc) is 3.45. The number of fused-ring (bicyclic) bond motifs is 2. The van der Waals surface area contributed by atoms with Gasteiger partial charge in [0.2, 0.25) is 6.79 Å². The monoisotopic (exact) mass is 568 g/mol. The fourth-order valence-electron chi connectivity index (χ4n) is 4.44. The molecule has 210 valence electrons. The Morgan fingerprint density at radius 1 is 1.18 bits per heavy atom. The SMILES string of the molecule is COc1cc2c(Nc3c(Cl)cc(CC#CNC(N)=O)c4c3OCO4)ncnc2cc1OCCCN1CCOCC1. The van der Waals surface area contributed by atoms with Crippen LogP contribution in [0.3, 0.4) is 0 Å². The van der Waals surface area contributed by atoms with Crippen LogP contribution in [-0.2, 0) is 11.2 Å². The molecule has 0 atom stereocenters. The van der Waals surface area contributed by atoms with Gasteiger partial charge in [0.05, 0.1) is 37.5 Å². The Hall–Kier alpha value is -4.18. The second-order valence-electron chi connectivity index (χ2n) is 8.95. The lowest BCUT2D eigenvalue weighted by Gasteiger charge is -2.26. The molecule has 1 aromatic heterocycles. The molecule has 13 heteroatoms. The Kier molecular flexibility index (Phi) is 8.75. The molecule has 4 N–H and O–H groups in total. The molecule has 1 saturated heterocycles. The molecule has 2 aromatic carbocycles. The van der Waals surface area contributed by atoms with E-state index in [1.807, 2.05) is 12.1 Å². The Morgan fingerprint density at radius 3 is 2.80 bits per heavy atom. The highest BCUT2D eigenvalue weighted by Crippen LogP contribution is 2.48. The molecule has 0 radical (unpaired) electrons. The lowest BCUT2D eigenvalue weighted by Crippen LogP contribution is -2.37. The first-order valence-corrected chi connectivity index (χ1v) is 13.1. The highest BCUT2D eigenvalue weighted by atomic mass is 35.5. The lowest BCUT2D eigenvalue weighted by atomic mass is 10.1. The zero-order valence-electron chi connectivity index (χ0n) is 21.9. The van der Waals surface area contributed by atoms with Crippen molar-refractivity contribution < 1.29 is 28.5 Å². The predicted molar refractivity (Wildman–Crippen MR) is 149 cm³/mol. The number of rotatable bonds is 9. The van der Waals surface area contributed by atoms with Gasteiger partial charge in [-0.25, -0.2) is 14.8 Å². The number of benzene rings is 2. The average molecular weight is 569 g/mol. The number of hydrogen-bond donors (Lipinski definition) is 3. The summed E-state index contributed by atoms with van der Waals surface area (Å²) in [4.78, 5) is 22.1. The number of primary amides is 1. The van der Waals surface area contributed by atoms with Crippen molar-refractivity contribution in [3.05, 3.63) is 35.1 Å². The lowest BCUT2D eigenvalue weighted by molar-refractivity contribution is 0.0357. The standard InChI is InChI=1S/C27H29ClN6O6/c1-36-21-13-18-20(14-22(21)38-9-3-6-34-7-10-37-11-8-34)31-15-32-26(18)33-23-19(28)12-17(4-2-5-30-27(29)35)24-25(23)40-16-39-24/h12-15H,3-4,6-11,16H2,1H3,(H3,29,30,35)(H,31,32,33). The van der Waals surface area contributed by atoms with Gasteiger partial charge in [-0.2, -0.15) is 0 Å². The first-order valence-electron chi connectivity index (χ1n) is 12.7. The maximum absolute atomic E-state index is 10.8. The zero-order valence-corrected chi connectivity index (χ0v) is 22.7. The minimum atomic E-state index is -0.730. The number of morpholine rings is 1. The summed E-state index contributed by atoms with van der Waals surface area (Å²) in [5, 5.41) is 6.58. The molecule has 12 nitrogen and oxygen atoms in total. The number of halogens is 1. The van der Waals surface area contributed by atoms with Crippen LogP contribution in [0.2, 0.25) is 5.02 Å². The molecule has 0 saturated carbocycles. The summed E-state index contributed by atoms with van der Waals surface area (Å²) in [6.07, 6.45) is 2.60. The van der Waals surface area contributed by atoms with Crippen LogP contribution in [0.4, 0.5) is 16.3 Å². The van der Waals surface area contributed by atoms with E-state index in [-0.39, 0.29) is 13.2 Å². The van der Waals surface area contributed by atoms with Gasteiger partial charge in [0, 0.05) is 49.1 Å². The number of nitrogens with one attached hydrogen (secondary N) is 2. The van der Waals surface area contributed by atoms with Crippen molar-refractivity contribution in [3.63, 3.8) is 0 Å². The molecule has 3 heterocycles. The van der Waals surface area contributed by atoms with Gasteiger partial charge in [-0.3, -0.25) is 10.2 Å². The first-order chi connectivity index (χ1) is 19.5. The van der Waals surface area contributed by atoms with Crippen molar-refractivity contribution in [2.24, 2.45) is 5.73 Å². The van der Waals surface area contributed by atoms with Gasteiger partial charge < -0.3 is 34.7 Å². The summed E-state index contributed by atoms with van der Waals surface area (Å²) >= 11 is 6.65. The van der Waals surface area contributed by atoms with E-state index in [0.29, 0.717) is 62.6 Å². The number of amides is 2. The van der Waals surface area contributed by atoms with Crippen LogP contribution < -0.4 is 35.3 Å². The van der Waals surface area contributed by atoms with Crippen LogP contribution in [-0.4, -0.2) is 74.3 Å². The van der Waals surface area contributed by atoms with Crippen LogP contribution in [0.25, 0.3) is 10.9 Å². The van der Waals surface area contributed by atoms with Crippen molar-refractivity contribution in [1.82, 2.24) is 20.2 Å². The summed E-state index contributed by atoms with van der Waals surface area (Å²) in [5.74, 6) is 5.41. The fraction of sp³-hybridized carbons (Fsp3) is 0.370. The third-order valence-corrected chi connectivity index (χ3v) is 6.67. The number of nitrogens with zero attached hydrogens (tertiary/aromatic N) is 3. The van der Waals surface area contributed by atoms with E-state index in [9.17, 15) is 4.79 Å². The molecule has 5 rings (SSSR count). The normalized spacial score (nSPS) is 14.3.